The highest BCUT2D eigenvalue weighted by Gasteiger charge is 2.39. The van der Waals surface area contributed by atoms with Crippen LogP contribution in [0.25, 0.3) is 0 Å². The lowest BCUT2D eigenvalue weighted by Crippen LogP contribution is -2.32. The zero-order valence-corrected chi connectivity index (χ0v) is 11.9. The van der Waals surface area contributed by atoms with Crippen LogP contribution in [0.4, 0.5) is 0 Å². The van der Waals surface area contributed by atoms with Gasteiger partial charge in [0, 0.05) is 0 Å². The molecule has 2 nitrogen and oxygen atoms in total. The second kappa shape index (κ2) is 5.49. The normalized spacial score (nSPS) is 13.6. The monoisotopic (exact) mass is 272 g/mol. The molecule has 0 aliphatic carbocycles. The summed E-state index contributed by atoms with van der Waals surface area (Å²) in [5.74, 6) is -0.383. The number of ether oxygens (including phenoxy) is 1. The molecule has 2 aromatic carbocycles. The summed E-state index contributed by atoms with van der Waals surface area (Å²) in [6.07, 6.45) is 0. The fraction of sp³-hybridized carbons (Fsp3) is 0.188. The molecule has 0 aliphatic rings. The van der Waals surface area contributed by atoms with Crippen LogP contribution in [0.5, 0.6) is 0 Å². The fourth-order valence-corrected chi connectivity index (χ4v) is 2.41. The molecule has 0 saturated heterocycles. The highest BCUT2D eigenvalue weighted by Crippen LogP contribution is 2.37. The minimum Gasteiger partial charge on any atom is -0.467 e. The van der Waals surface area contributed by atoms with Crippen molar-refractivity contribution >= 4 is 18.6 Å². The van der Waals surface area contributed by atoms with Crippen LogP contribution in [0.3, 0.4) is 0 Å². The lowest BCUT2D eigenvalue weighted by Gasteiger charge is -2.26. The molecule has 19 heavy (non-hydrogen) atoms. The summed E-state index contributed by atoms with van der Waals surface area (Å²) in [7, 11) is 1.38. The molecule has 0 heterocycles. The lowest BCUT2D eigenvalue weighted by atomic mass is 9.89. The molecule has 1 atom stereocenters. The van der Waals surface area contributed by atoms with E-state index in [9.17, 15) is 4.79 Å². The van der Waals surface area contributed by atoms with Crippen molar-refractivity contribution in [2.24, 2.45) is 0 Å². The van der Waals surface area contributed by atoms with Crippen LogP contribution in [0.15, 0.2) is 54.6 Å². The summed E-state index contributed by atoms with van der Waals surface area (Å²) >= 11 is 4.63. The SMILES string of the molecule is COC(=O)C(S)(c1ccccc1)c1ccc(C)cc1. The first kappa shape index (κ1) is 13.7. The zero-order valence-electron chi connectivity index (χ0n) is 11.0. The number of thiol groups is 1. The van der Waals surface area contributed by atoms with E-state index < -0.39 is 4.75 Å². The number of methoxy groups -OCH3 is 1. The topological polar surface area (TPSA) is 26.3 Å². The van der Waals surface area contributed by atoms with E-state index in [0.29, 0.717) is 0 Å². The average molecular weight is 272 g/mol. The van der Waals surface area contributed by atoms with Gasteiger partial charge >= 0.3 is 5.97 Å². The second-order valence-electron chi connectivity index (χ2n) is 4.43. The molecule has 0 aliphatic heterocycles. The van der Waals surface area contributed by atoms with Gasteiger partial charge in [0.05, 0.1) is 7.11 Å². The molecule has 0 spiro atoms. The van der Waals surface area contributed by atoms with Gasteiger partial charge in [0.25, 0.3) is 0 Å². The van der Waals surface area contributed by atoms with Gasteiger partial charge in [-0.15, -0.1) is 0 Å². The molecule has 1 unspecified atom stereocenters. The Bertz CT molecular complexity index is 563. The molecule has 0 saturated carbocycles. The van der Waals surface area contributed by atoms with Gasteiger partial charge in [-0.1, -0.05) is 60.2 Å². The zero-order chi connectivity index (χ0) is 13.9. The quantitative estimate of drug-likeness (QED) is 0.685. The van der Waals surface area contributed by atoms with Gasteiger partial charge in [-0.25, -0.2) is 4.79 Å². The first-order valence-corrected chi connectivity index (χ1v) is 6.47. The van der Waals surface area contributed by atoms with Gasteiger partial charge in [-0.3, -0.25) is 0 Å². The number of carbonyl (C=O) groups is 1. The molecule has 0 N–H and O–H groups in total. The number of esters is 1. The van der Waals surface area contributed by atoms with Crippen LogP contribution in [-0.2, 0) is 14.3 Å². The van der Waals surface area contributed by atoms with Gasteiger partial charge in [0.1, 0.15) is 0 Å². The molecule has 0 bridgehead atoms. The van der Waals surface area contributed by atoms with Crippen molar-refractivity contribution in [2.45, 2.75) is 11.7 Å². The van der Waals surface area contributed by atoms with Crippen molar-refractivity contribution < 1.29 is 9.53 Å². The van der Waals surface area contributed by atoms with Crippen molar-refractivity contribution in [1.29, 1.82) is 0 Å². The van der Waals surface area contributed by atoms with E-state index >= 15 is 0 Å². The Morgan fingerprint density at radius 3 is 2.05 bits per heavy atom. The molecule has 0 radical (unpaired) electrons. The Hall–Kier alpha value is -1.74. The predicted octanol–water partition coefficient (Wildman–Crippen LogP) is 3.34. The smallest absolute Gasteiger partial charge is 0.330 e. The summed E-state index contributed by atoms with van der Waals surface area (Å²) < 4.78 is 3.86. The Morgan fingerprint density at radius 1 is 1.00 bits per heavy atom. The number of hydrogen-bond acceptors (Lipinski definition) is 3. The van der Waals surface area contributed by atoms with Crippen molar-refractivity contribution in [2.75, 3.05) is 7.11 Å². The maximum Gasteiger partial charge on any atom is 0.330 e. The number of rotatable bonds is 3. The maximum atomic E-state index is 12.2. The van der Waals surface area contributed by atoms with E-state index in [2.05, 4.69) is 12.6 Å². The van der Waals surface area contributed by atoms with Crippen LogP contribution in [-0.4, -0.2) is 13.1 Å². The van der Waals surface area contributed by atoms with Gasteiger partial charge in [-0.05, 0) is 18.1 Å². The minimum atomic E-state index is -1.08. The Kier molecular flexibility index (Phi) is 3.96. The molecule has 2 rings (SSSR count). The van der Waals surface area contributed by atoms with E-state index in [1.54, 1.807) is 0 Å². The molecule has 0 fully saturated rings. The van der Waals surface area contributed by atoms with Crippen LogP contribution >= 0.6 is 12.6 Å². The fourth-order valence-electron chi connectivity index (χ4n) is 2.02. The Morgan fingerprint density at radius 2 is 1.53 bits per heavy atom. The summed E-state index contributed by atoms with van der Waals surface area (Å²) in [5.41, 5.74) is 2.74. The molecule has 2 aromatic rings. The van der Waals surface area contributed by atoms with E-state index in [1.807, 2.05) is 61.5 Å². The molecule has 0 aromatic heterocycles. The van der Waals surface area contributed by atoms with Crippen molar-refractivity contribution in [3.63, 3.8) is 0 Å². The summed E-state index contributed by atoms with van der Waals surface area (Å²) in [5, 5.41) is 0. The van der Waals surface area contributed by atoms with Crippen LogP contribution in [0.1, 0.15) is 16.7 Å². The molecule has 0 amide bonds. The van der Waals surface area contributed by atoms with Crippen molar-refractivity contribution in [3.8, 4) is 0 Å². The van der Waals surface area contributed by atoms with Gasteiger partial charge in [0.15, 0.2) is 4.75 Å². The Balaban J connectivity index is 2.58. The molecule has 98 valence electrons. The van der Waals surface area contributed by atoms with Crippen LogP contribution in [0, 0.1) is 6.92 Å². The maximum absolute atomic E-state index is 12.2. The number of benzene rings is 2. The summed E-state index contributed by atoms with van der Waals surface area (Å²) in [6.45, 7) is 2.00. The number of carbonyl (C=O) groups excluding carboxylic acids is 1. The van der Waals surface area contributed by atoms with Crippen LogP contribution < -0.4 is 0 Å². The Labute approximate surface area is 118 Å². The molecular weight excluding hydrogens is 256 g/mol. The summed E-state index contributed by atoms with van der Waals surface area (Å²) in [4.78, 5) is 12.2. The number of hydrogen-bond donors (Lipinski definition) is 1. The summed E-state index contributed by atoms with van der Waals surface area (Å²) in [6, 6.07) is 17.2. The third kappa shape index (κ3) is 2.51. The number of aryl methyl sites for hydroxylation is 1. The van der Waals surface area contributed by atoms with E-state index in [0.717, 1.165) is 16.7 Å². The van der Waals surface area contributed by atoms with Gasteiger partial charge < -0.3 is 4.74 Å². The minimum absolute atomic E-state index is 0.383. The third-order valence-corrected chi connectivity index (χ3v) is 3.84. The van der Waals surface area contributed by atoms with Crippen molar-refractivity contribution in [1.82, 2.24) is 0 Å². The van der Waals surface area contributed by atoms with E-state index in [4.69, 9.17) is 4.74 Å². The van der Waals surface area contributed by atoms with E-state index in [-0.39, 0.29) is 5.97 Å². The first-order valence-electron chi connectivity index (χ1n) is 6.02. The van der Waals surface area contributed by atoms with Gasteiger partial charge in [-0.2, -0.15) is 12.6 Å². The van der Waals surface area contributed by atoms with Gasteiger partial charge in [0.2, 0.25) is 0 Å². The first-order chi connectivity index (χ1) is 9.09. The highest BCUT2D eigenvalue weighted by molar-refractivity contribution is 7.82. The van der Waals surface area contributed by atoms with Crippen molar-refractivity contribution in [3.05, 3.63) is 71.3 Å². The standard InChI is InChI=1S/C16H16O2S/c1-12-8-10-14(11-9-12)16(19,15(17)18-2)13-6-4-3-5-7-13/h3-11,19H,1-2H3. The second-order valence-corrected chi connectivity index (χ2v) is 5.10. The van der Waals surface area contributed by atoms with Crippen LogP contribution in [0.2, 0.25) is 0 Å². The molecular formula is C16H16O2S. The molecule has 3 heteroatoms. The third-order valence-electron chi connectivity index (χ3n) is 3.14. The lowest BCUT2D eigenvalue weighted by molar-refractivity contribution is -0.142. The van der Waals surface area contributed by atoms with E-state index in [1.165, 1.54) is 7.11 Å². The highest BCUT2D eigenvalue weighted by atomic mass is 32.1. The predicted molar refractivity (Wildman–Crippen MR) is 79.4 cm³/mol. The average Bonchev–Trinajstić information content (AvgIpc) is 2.47. The largest absolute Gasteiger partial charge is 0.467 e.